The number of benzene rings is 2. The molecule has 0 aliphatic carbocycles. The molecule has 0 fully saturated rings. The van der Waals surface area contributed by atoms with E-state index >= 15 is 0 Å². The molecule has 1 heterocycles. The first-order chi connectivity index (χ1) is 13.8. The highest BCUT2D eigenvalue weighted by Gasteiger charge is 2.18. The van der Waals surface area contributed by atoms with Gasteiger partial charge in [0.15, 0.2) is 11.0 Å². The highest BCUT2D eigenvalue weighted by Crippen LogP contribution is 2.28. The van der Waals surface area contributed by atoms with Crippen molar-refractivity contribution >= 4 is 17.7 Å². The minimum atomic E-state index is 0.0559. The minimum Gasteiger partial charge on any atom is -0.348 e. The average molecular weight is 409 g/mol. The van der Waals surface area contributed by atoms with E-state index < -0.39 is 0 Å². The van der Waals surface area contributed by atoms with Crippen LogP contribution in [0.4, 0.5) is 0 Å². The number of amides is 1. The quantitative estimate of drug-likeness (QED) is 0.565. The number of hydrogen-bond acceptors (Lipinski definition) is 4. The highest BCUT2D eigenvalue weighted by molar-refractivity contribution is 7.99. The Morgan fingerprint density at radius 3 is 2.24 bits per heavy atom. The van der Waals surface area contributed by atoms with E-state index in [0.29, 0.717) is 12.3 Å². The number of aromatic nitrogens is 3. The second-order valence-corrected chi connectivity index (χ2v) is 9.22. The number of carbonyl (C=O) groups is 1. The third-order valence-corrected chi connectivity index (χ3v) is 5.68. The van der Waals surface area contributed by atoms with Crippen molar-refractivity contribution < 1.29 is 4.79 Å². The van der Waals surface area contributed by atoms with Gasteiger partial charge in [-0.1, -0.05) is 87.1 Å². The maximum absolute atomic E-state index is 12.0. The lowest BCUT2D eigenvalue weighted by molar-refractivity contribution is -0.125. The first kappa shape index (κ1) is 21.1. The van der Waals surface area contributed by atoms with E-state index in [0.717, 1.165) is 16.5 Å². The zero-order valence-electron chi connectivity index (χ0n) is 17.7. The van der Waals surface area contributed by atoms with Crippen molar-refractivity contribution in [3.8, 4) is 11.4 Å². The van der Waals surface area contributed by atoms with Crippen LogP contribution in [0.25, 0.3) is 11.4 Å². The summed E-state index contributed by atoms with van der Waals surface area (Å²) in [5.41, 5.74) is 3.57. The number of thioether (sulfide) groups is 1. The van der Waals surface area contributed by atoms with Gasteiger partial charge < -0.3 is 4.90 Å². The Balaban J connectivity index is 1.94. The average Bonchev–Trinajstić information content (AvgIpc) is 3.08. The predicted octanol–water partition coefficient (Wildman–Crippen LogP) is 4.47. The first-order valence-electron chi connectivity index (χ1n) is 9.66. The third kappa shape index (κ3) is 5.26. The number of rotatable bonds is 6. The first-order valence-corrected chi connectivity index (χ1v) is 10.7. The largest absolute Gasteiger partial charge is 0.348 e. The molecule has 3 rings (SSSR count). The van der Waals surface area contributed by atoms with Gasteiger partial charge in [0.2, 0.25) is 5.91 Å². The number of carbonyl (C=O) groups excluding carboxylic acids is 1. The lowest BCUT2D eigenvalue weighted by Crippen LogP contribution is -2.23. The molecule has 5 nitrogen and oxygen atoms in total. The molecule has 0 spiro atoms. The molecule has 0 saturated carbocycles. The molecule has 1 amide bonds. The van der Waals surface area contributed by atoms with E-state index in [-0.39, 0.29) is 11.3 Å². The molecule has 0 atom stereocenters. The molecule has 0 aliphatic heterocycles. The van der Waals surface area contributed by atoms with Crippen LogP contribution >= 0.6 is 11.8 Å². The van der Waals surface area contributed by atoms with Gasteiger partial charge in [-0.25, -0.2) is 0 Å². The van der Waals surface area contributed by atoms with E-state index in [9.17, 15) is 4.79 Å². The van der Waals surface area contributed by atoms with Crippen molar-refractivity contribution in [2.45, 2.75) is 37.9 Å². The maximum Gasteiger partial charge on any atom is 0.232 e. The minimum absolute atomic E-state index is 0.0559. The Labute approximate surface area is 177 Å². The zero-order valence-corrected chi connectivity index (χ0v) is 18.5. The van der Waals surface area contributed by atoms with E-state index in [4.69, 9.17) is 0 Å². The second-order valence-electron chi connectivity index (χ2n) is 8.28. The van der Waals surface area contributed by atoms with Gasteiger partial charge >= 0.3 is 0 Å². The van der Waals surface area contributed by atoms with Gasteiger partial charge in [0.1, 0.15) is 0 Å². The molecule has 0 radical (unpaired) electrons. The zero-order chi connectivity index (χ0) is 21.0. The van der Waals surface area contributed by atoms with Gasteiger partial charge in [-0.2, -0.15) is 0 Å². The normalized spacial score (nSPS) is 11.5. The van der Waals surface area contributed by atoms with E-state index in [1.807, 2.05) is 18.2 Å². The Morgan fingerprint density at radius 2 is 1.66 bits per heavy atom. The Kier molecular flexibility index (Phi) is 6.42. The molecule has 29 heavy (non-hydrogen) atoms. The molecule has 2 aromatic carbocycles. The molecule has 0 unspecified atom stereocenters. The molecule has 6 heteroatoms. The topological polar surface area (TPSA) is 51.0 Å². The van der Waals surface area contributed by atoms with Gasteiger partial charge in [0.25, 0.3) is 0 Å². The van der Waals surface area contributed by atoms with Crippen molar-refractivity contribution in [3.63, 3.8) is 0 Å². The van der Waals surface area contributed by atoms with Crippen molar-refractivity contribution in [1.82, 2.24) is 19.7 Å². The third-order valence-electron chi connectivity index (χ3n) is 4.73. The van der Waals surface area contributed by atoms with Crippen LogP contribution < -0.4 is 0 Å². The summed E-state index contributed by atoms with van der Waals surface area (Å²) in [5, 5.41) is 9.61. The second kappa shape index (κ2) is 8.82. The molecular weight excluding hydrogens is 380 g/mol. The summed E-state index contributed by atoms with van der Waals surface area (Å²) in [6.45, 7) is 7.27. The van der Waals surface area contributed by atoms with Crippen molar-refractivity contribution in [1.29, 1.82) is 0 Å². The van der Waals surface area contributed by atoms with Gasteiger partial charge in [0, 0.05) is 19.7 Å². The van der Waals surface area contributed by atoms with Gasteiger partial charge in [-0.3, -0.25) is 9.36 Å². The van der Waals surface area contributed by atoms with Gasteiger partial charge in [0.05, 0.1) is 12.3 Å². The lowest BCUT2D eigenvalue weighted by atomic mass is 9.87. The van der Waals surface area contributed by atoms with Crippen LogP contribution in [0, 0.1) is 0 Å². The molecule has 0 N–H and O–H groups in total. The summed E-state index contributed by atoms with van der Waals surface area (Å²) in [6.07, 6.45) is 0. The lowest BCUT2D eigenvalue weighted by Gasteiger charge is -2.19. The Bertz CT molecular complexity index is 957. The van der Waals surface area contributed by atoms with Crippen LogP contribution in [0.1, 0.15) is 31.9 Å². The van der Waals surface area contributed by atoms with Crippen LogP contribution in [-0.2, 0) is 16.8 Å². The smallest absolute Gasteiger partial charge is 0.232 e. The molecule has 0 saturated heterocycles. The van der Waals surface area contributed by atoms with Crippen molar-refractivity contribution in [3.05, 3.63) is 65.7 Å². The van der Waals surface area contributed by atoms with Gasteiger partial charge in [-0.05, 0) is 16.5 Å². The number of nitrogens with zero attached hydrogens (tertiary/aromatic N) is 4. The fourth-order valence-corrected chi connectivity index (χ4v) is 3.81. The molecule has 152 valence electrons. The number of hydrogen-bond donors (Lipinski definition) is 0. The summed E-state index contributed by atoms with van der Waals surface area (Å²) in [4.78, 5) is 13.6. The molecule has 0 bridgehead atoms. The van der Waals surface area contributed by atoms with Gasteiger partial charge in [-0.15, -0.1) is 10.2 Å². The van der Waals surface area contributed by atoms with E-state index in [2.05, 4.69) is 71.9 Å². The van der Waals surface area contributed by atoms with E-state index in [1.165, 1.54) is 22.9 Å². The van der Waals surface area contributed by atoms with Crippen LogP contribution in [0.15, 0.2) is 59.8 Å². The summed E-state index contributed by atoms with van der Waals surface area (Å²) in [7, 11) is 3.53. The van der Waals surface area contributed by atoms with Crippen molar-refractivity contribution in [2.24, 2.45) is 0 Å². The van der Waals surface area contributed by atoms with Crippen LogP contribution in [0.2, 0.25) is 0 Å². The molecular formula is C23H28N4OS. The van der Waals surface area contributed by atoms with Crippen LogP contribution in [0.3, 0.4) is 0 Å². The molecule has 1 aromatic heterocycles. The summed E-state index contributed by atoms with van der Waals surface area (Å²) in [6, 6.07) is 18.8. The summed E-state index contributed by atoms with van der Waals surface area (Å²) >= 11 is 1.42. The highest BCUT2D eigenvalue weighted by atomic mass is 32.2. The SMILES string of the molecule is CN(C)C(=O)CSc1nnc(-c2ccc(C(C)(C)C)cc2)n1Cc1ccccc1. The molecule has 0 aliphatic rings. The monoisotopic (exact) mass is 408 g/mol. The Morgan fingerprint density at radius 1 is 1.00 bits per heavy atom. The fraction of sp³-hybridized carbons (Fsp3) is 0.348. The van der Waals surface area contributed by atoms with Crippen molar-refractivity contribution in [2.75, 3.05) is 19.8 Å². The predicted molar refractivity (Wildman–Crippen MR) is 119 cm³/mol. The maximum atomic E-state index is 12.0. The fourth-order valence-electron chi connectivity index (χ4n) is 2.89. The molecule has 3 aromatic rings. The standard InChI is InChI=1S/C23H28N4OS/c1-23(2,3)19-13-11-18(12-14-19)21-24-25-22(29-16-20(28)26(4)5)27(21)15-17-9-7-6-8-10-17/h6-14H,15-16H2,1-5H3. The Hall–Kier alpha value is -2.60. The van der Waals surface area contributed by atoms with E-state index in [1.54, 1.807) is 19.0 Å². The summed E-state index contributed by atoms with van der Waals surface area (Å²) < 4.78 is 2.09. The van der Waals surface area contributed by atoms with Crippen LogP contribution in [0.5, 0.6) is 0 Å². The summed E-state index contributed by atoms with van der Waals surface area (Å²) in [5.74, 6) is 1.21. The van der Waals surface area contributed by atoms with Crippen LogP contribution in [-0.4, -0.2) is 45.4 Å².